The van der Waals surface area contributed by atoms with Crippen LogP contribution in [0.25, 0.3) is 0 Å². The number of aliphatic hydroxyl groups excluding tert-OH is 1. The number of hydrogen-bond acceptors (Lipinski definition) is 2. The largest absolute Gasteiger partial charge is 0.393 e. The summed E-state index contributed by atoms with van der Waals surface area (Å²) in [7, 11) is 0. The Hall–Kier alpha value is -1.12. The fraction of sp³-hybridized carbons (Fsp3) is 0.529. The van der Waals surface area contributed by atoms with Crippen molar-refractivity contribution in [1.29, 1.82) is 0 Å². The molecular formula is C17H24O2. The normalized spacial score (nSPS) is 23.8. The van der Waals surface area contributed by atoms with Crippen LogP contribution in [0.2, 0.25) is 0 Å². The van der Waals surface area contributed by atoms with E-state index in [0.717, 1.165) is 19.3 Å². The molecule has 1 fully saturated rings. The first kappa shape index (κ1) is 14.3. The van der Waals surface area contributed by atoms with Gasteiger partial charge in [-0.1, -0.05) is 55.3 Å². The average Bonchev–Trinajstić information content (AvgIpc) is 2.45. The molecule has 2 nitrogen and oxygen atoms in total. The van der Waals surface area contributed by atoms with Crippen LogP contribution in [-0.4, -0.2) is 17.8 Å². The summed E-state index contributed by atoms with van der Waals surface area (Å²) in [4.78, 5) is 0. The van der Waals surface area contributed by atoms with Gasteiger partial charge in [0.2, 0.25) is 0 Å². The molecule has 0 spiro atoms. The maximum Gasteiger partial charge on any atom is 0.0721 e. The summed E-state index contributed by atoms with van der Waals surface area (Å²) in [5.74, 6) is 0.458. The topological polar surface area (TPSA) is 29.5 Å². The van der Waals surface area contributed by atoms with E-state index in [4.69, 9.17) is 4.74 Å². The summed E-state index contributed by atoms with van der Waals surface area (Å²) >= 11 is 0. The molecule has 1 N–H and O–H groups in total. The maximum absolute atomic E-state index is 9.86. The second kappa shape index (κ2) is 8.13. The number of benzene rings is 1. The fourth-order valence-corrected chi connectivity index (χ4v) is 2.62. The first-order valence-electron chi connectivity index (χ1n) is 7.31. The van der Waals surface area contributed by atoms with E-state index in [9.17, 15) is 5.11 Å². The van der Waals surface area contributed by atoms with Crippen molar-refractivity contribution in [2.45, 2.75) is 44.8 Å². The van der Waals surface area contributed by atoms with Crippen LogP contribution in [0.4, 0.5) is 0 Å². The lowest BCUT2D eigenvalue weighted by Crippen LogP contribution is -2.23. The van der Waals surface area contributed by atoms with Crippen LogP contribution >= 0.6 is 0 Å². The molecule has 1 saturated carbocycles. The average molecular weight is 260 g/mol. The Bertz CT molecular complexity index is 372. The molecule has 0 saturated heterocycles. The Morgan fingerprint density at radius 3 is 2.68 bits per heavy atom. The van der Waals surface area contributed by atoms with Crippen LogP contribution in [0.1, 0.15) is 37.7 Å². The fourth-order valence-electron chi connectivity index (χ4n) is 2.62. The molecule has 104 valence electrons. The van der Waals surface area contributed by atoms with E-state index in [1.165, 1.54) is 18.4 Å². The van der Waals surface area contributed by atoms with Crippen molar-refractivity contribution >= 4 is 0 Å². The Balaban J connectivity index is 1.59. The molecule has 2 atom stereocenters. The van der Waals surface area contributed by atoms with Gasteiger partial charge in [-0.2, -0.15) is 0 Å². The minimum absolute atomic E-state index is 0.0939. The lowest BCUT2D eigenvalue weighted by Gasteiger charge is -2.26. The monoisotopic (exact) mass is 260 g/mol. The van der Waals surface area contributed by atoms with Gasteiger partial charge in [0, 0.05) is 0 Å². The molecule has 0 amide bonds. The number of hydrogen-bond donors (Lipinski definition) is 1. The van der Waals surface area contributed by atoms with Gasteiger partial charge < -0.3 is 9.84 Å². The van der Waals surface area contributed by atoms with Gasteiger partial charge in [0.1, 0.15) is 0 Å². The molecule has 1 aliphatic rings. The van der Waals surface area contributed by atoms with Crippen LogP contribution in [-0.2, 0) is 11.3 Å². The molecule has 1 aromatic carbocycles. The van der Waals surface area contributed by atoms with Crippen LogP contribution < -0.4 is 0 Å². The van der Waals surface area contributed by atoms with Crippen LogP contribution in [0.15, 0.2) is 42.5 Å². The van der Waals surface area contributed by atoms with Crippen molar-refractivity contribution in [3.63, 3.8) is 0 Å². The SMILES string of the molecule is O[C@H]1CCCC[C@@H]1C/C=C/COCc1ccccc1. The van der Waals surface area contributed by atoms with Crippen molar-refractivity contribution in [3.05, 3.63) is 48.0 Å². The Kier molecular flexibility index (Phi) is 6.12. The summed E-state index contributed by atoms with van der Waals surface area (Å²) in [6.07, 6.45) is 9.70. The van der Waals surface area contributed by atoms with Crippen LogP contribution in [0.5, 0.6) is 0 Å². The first-order chi connectivity index (χ1) is 9.36. The molecule has 0 heterocycles. The van der Waals surface area contributed by atoms with E-state index in [0.29, 0.717) is 19.1 Å². The zero-order valence-corrected chi connectivity index (χ0v) is 11.5. The smallest absolute Gasteiger partial charge is 0.0721 e. The molecule has 0 aliphatic heterocycles. The first-order valence-corrected chi connectivity index (χ1v) is 7.31. The third-order valence-corrected chi connectivity index (χ3v) is 3.80. The highest BCUT2D eigenvalue weighted by atomic mass is 16.5. The highest BCUT2D eigenvalue weighted by molar-refractivity contribution is 5.13. The molecule has 2 heteroatoms. The van der Waals surface area contributed by atoms with Gasteiger partial charge >= 0.3 is 0 Å². The van der Waals surface area contributed by atoms with Crippen molar-refractivity contribution in [2.24, 2.45) is 5.92 Å². The Morgan fingerprint density at radius 2 is 1.89 bits per heavy atom. The molecule has 0 unspecified atom stereocenters. The van der Waals surface area contributed by atoms with Crippen molar-refractivity contribution in [2.75, 3.05) is 6.61 Å². The predicted molar refractivity (Wildman–Crippen MR) is 77.8 cm³/mol. The zero-order chi connectivity index (χ0) is 13.3. The van der Waals surface area contributed by atoms with Crippen molar-refractivity contribution < 1.29 is 9.84 Å². The van der Waals surface area contributed by atoms with E-state index in [1.807, 2.05) is 18.2 Å². The van der Waals surface area contributed by atoms with E-state index >= 15 is 0 Å². The van der Waals surface area contributed by atoms with E-state index in [2.05, 4.69) is 24.3 Å². The third kappa shape index (κ3) is 5.17. The third-order valence-electron chi connectivity index (χ3n) is 3.80. The van der Waals surface area contributed by atoms with Gasteiger partial charge in [-0.25, -0.2) is 0 Å². The number of aliphatic hydroxyl groups is 1. The summed E-state index contributed by atoms with van der Waals surface area (Å²) in [5.41, 5.74) is 1.21. The van der Waals surface area contributed by atoms with Crippen LogP contribution in [0, 0.1) is 5.92 Å². The predicted octanol–water partition coefficient (Wildman–Crippen LogP) is 3.70. The van der Waals surface area contributed by atoms with E-state index in [-0.39, 0.29) is 6.10 Å². The lowest BCUT2D eigenvalue weighted by molar-refractivity contribution is 0.0712. The van der Waals surface area contributed by atoms with Gasteiger partial charge in [0.05, 0.1) is 19.3 Å². The maximum atomic E-state index is 9.86. The summed E-state index contributed by atoms with van der Waals surface area (Å²) in [6, 6.07) is 10.2. The highest BCUT2D eigenvalue weighted by Crippen LogP contribution is 2.27. The van der Waals surface area contributed by atoms with E-state index in [1.54, 1.807) is 0 Å². The molecule has 19 heavy (non-hydrogen) atoms. The van der Waals surface area contributed by atoms with Gasteiger partial charge in [0.15, 0.2) is 0 Å². The minimum Gasteiger partial charge on any atom is -0.393 e. The zero-order valence-electron chi connectivity index (χ0n) is 11.5. The molecule has 0 radical (unpaired) electrons. The van der Waals surface area contributed by atoms with Crippen molar-refractivity contribution in [3.8, 4) is 0 Å². The molecular weight excluding hydrogens is 236 g/mol. The lowest BCUT2D eigenvalue weighted by atomic mass is 9.84. The van der Waals surface area contributed by atoms with Gasteiger partial charge in [0.25, 0.3) is 0 Å². The Labute approximate surface area is 116 Å². The second-order valence-electron chi connectivity index (χ2n) is 5.32. The number of rotatable bonds is 6. The summed E-state index contributed by atoms with van der Waals surface area (Å²) in [6.45, 7) is 1.31. The standard InChI is InChI=1S/C17H24O2/c18-17-12-5-4-10-16(17)11-6-7-13-19-14-15-8-2-1-3-9-15/h1-3,6-9,16-18H,4-5,10-14H2/b7-6+/t16-,17+/m1/s1. The summed E-state index contributed by atoms with van der Waals surface area (Å²) < 4.78 is 5.59. The van der Waals surface area contributed by atoms with E-state index < -0.39 is 0 Å². The molecule has 2 rings (SSSR count). The number of ether oxygens (including phenoxy) is 1. The van der Waals surface area contributed by atoms with Crippen molar-refractivity contribution in [1.82, 2.24) is 0 Å². The molecule has 0 bridgehead atoms. The van der Waals surface area contributed by atoms with Gasteiger partial charge in [-0.3, -0.25) is 0 Å². The Morgan fingerprint density at radius 1 is 1.11 bits per heavy atom. The van der Waals surface area contributed by atoms with Gasteiger partial charge in [-0.05, 0) is 30.7 Å². The second-order valence-corrected chi connectivity index (χ2v) is 5.32. The minimum atomic E-state index is -0.0939. The summed E-state index contributed by atoms with van der Waals surface area (Å²) in [5, 5.41) is 9.86. The van der Waals surface area contributed by atoms with Crippen LogP contribution in [0.3, 0.4) is 0 Å². The number of allylic oxidation sites excluding steroid dienone is 1. The molecule has 1 aromatic rings. The molecule has 1 aliphatic carbocycles. The highest BCUT2D eigenvalue weighted by Gasteiger charge is 2.21. The molecule has 0 aromatic heterocycles. The quantitative estimate of drug-likeness (QED) is 0.624. The van der Waals surface area contributed by atoms with Gasteiger partial charge in [-0.15, -0.1) is 0 Å².